The van der Waals surface area contributed by atoms with Gasteiger partial charge in [0.15, 0.2) is 11.0 Å². The number of hydrogen-bond acceptors (Lipinski definition) is 5. The summed E-state index contributed by atoms with van der Waals surface area (Å²) in [6.45, 7) is 9.35. The Labute approximate surface area is 194 Å². The fourth-order valence-corrected chi connectivity index (χ4v) is 4.98. The number of pyridine rings is 1. The van der Waals surface area contributed by atoms with Gasteiger partial charge in [-0.2, -0.15) is 0 Å². The quantitative estimate of drug-likeness (QED) is 0.491. The lowest BCUT2D eigenvalue weighted by molar-refractivity contribution is -0.145. The Balaban J connectivity index is 0.000000396. The van der Waals surface area contributed by atoms with E-state index in [2.05, 4.69) is 35.7 Å². The molecule has 0 aliphatic carbocycles. The molecule has 32 heavy (non-hydrogen) atoms. The van der Waals surface area contributed by atoms with Gasteiger partial charge in [0, 0.05) is 12.2 Å². The highest BCUT2D eigenvalue weighted by Crippen LogP contribution is 2.35. The maximum absolute atomic E-state index is 12.9. The molecule has 2 heterocycles. The van der Waals surface area contributed by atoms with Gasteiger partial charge in [0.05, 0.1) is 23.1 Å². The van der Waals surface area contributed by atoms with E-state index in [9.17, 15) is 17.6 Å². The van der Waals surface area contributed by atoms with Gasteiger partial charge >= 0.3 is 5.97 Å². The Morgan fingerprint density at radius 3 is 2.34 bits per heavy atom. The molecule has 0 unspecified atom stereocenters. The summed E-state index contributed by atoms with van der Waals surface area (Å²) < 4.78 is 34.3. The summed E-state index contributed by atoms with van der Waals surface area (Å²) in [6, 6.07) is 2.98. The predicted molar refractivity (Wildman–Crippen MR) is 125 cm³/mol. The Hall–Kier alpha value is -2.00. The number of nitrogens with zero attached hydrogens (tertiary/aromatic N) is 2. The molecule has 2 rings (SSSR count). The third kappa shape index (κ3) is 8.50. The van der Waals surface area contributed by atoms with Gasteiger partial charge in [0.2, 0.25) is 0 Å². The summed E-state index contributed by atoms with van der Waals surface area (Å²) in [5.74, 6) is -0.302. The summed E-state index contributed by atoms with van der Waals surface area (Å²) in [5, 5.41) is 9.04. The molecule has 0 saturated heterocycles. The fourth-order valence-electron chi connectivity index (χ4n) is 3.27. The van der Waals surface area contributed by atoms with Gasteiger partial charge in [-0.3, -0.25) is 4.79 Å². The molecule has 2 aromatic heterocycles. The molecule has 180 valence electrons. The Kier molecular flexibility index (Phi) is 10.3. The van der Waals surface area contributed by atoms with Crippen molar-refractivity contribution >= 4 is 27.4 Å². The molecule has 0 aromatic carbocycles. The topological polar surface area (TPSA) is 113 Å². The highest BCUT2D eigenvalue weighted by Gasteiger charge is 2.31. The number of nitrogens with one attached hydrogen (secondary N) is 1. The van der Waals surface area contributed by atoms with Crippen LogP contribution in [0.4, 0.5) is 4.39 Å². The fraction of sp³-hybridized carbons (Fsp3) is 0.591. The molecular formula is C22H33ClFN3O4S. The zero-order valence-corrected chi connectivity index (χ0v) is 21.0. The van der Waals surface area contributed by atoms with Crippen molar-refractivity contribution in [2.24, 2.45) is 11.3 Å². The second kappa shape index (κ2) is 11.7. The summed E-state index contributed by atoms with van der Waals surface area (Å²) in [5.41, 5.74) is 0.381. The summed E-state index contributed by atoms with van der Waals surface area (Å²) in [4.78, 5) is 22.1. The first kappa shape index (κ1) is 28.0. The number of aromatic amines is 1. The Bertz CT molecular complexity index is 991. The maximum Gasteiger partial charge on any atom is 0.310 e. The van der Waals surface area contributed by atoms with Crippen LogP contribution in [0.1, 0.15) is 65.5 Å². The molecular weight excluding hydrogens is 457 g/mol. The van der Waals surface area contributed by atoms with E-state index < -0.39 is 21.2 Å². The van der Waals surface area contributed by atoms with E-state index in [0.29, 0.717) is 28.5 Å². The minimum Gasteiger partial charge on any atom is -0.481 e. The van der Waals surface area contributed by atoms with Crippen molar-refractivity contribution in [1.82, 2.24) is 15.0 Å². The number of imidazole rings is 1. The first-order valence-electron chi connectivity index (χ1n) is 10.5. The number of H-pyrrole nitrogens is 1. The lowest BCUT2D eigenvalue weighted by atomic mass is 9.86. The van der Waals surface area contributed by atoms with Crippen LogP contribution < -0.4 is 0 Å². The molecule has 10 heteroatoms. The lowest BCUT2D eigenvalue weighted by Gasteiger charge is -2.21. The molecule has 0 bridgehead atoms. The molecule has 2 N–H and O–H groups in total. The zero-order chi connectivity index (χ0) is 24.7. The van der Waals surface area contributed by atoms with Gasteiger partial charge in [-0.1, -0.05) is 45.2 Å². The van der Waals surface area contributed by atoms with E-state index in [-0.39, 0.29) is 11.6 Å². The van der Waals surface area contributed by atoms with Gasteiger partial charge in [-0.05, 0) is 38.3 Å². The van der Waals surface area contributed by atoms with E-state index >= 15 is 0 Å². The average Bonchev–Trinajstić information content (AvgIpc) is 3.06. The van der Waals surface area contributed by atoms with Gasteiger partial charge in [0.25, 0.3) is 0 Å². The maximum atomic E-state index is 12.9. The zero-order valence-electron chi connectivity index (χ0n) is 19.4. The SMILES string of the molecule is CC(C)(CS(C)(=O)=O)C(=O)O.CCC[C@@H](c1[nH]c(-c2ccc(F)cn2)nc1Cl)[C@@H](C)CC. The summed E-state index contributed by atoms with van der Waals surface area (Å²) in [6.07, 6.45) is 5.45. The van der Waals surface area contributed by atoms with Crippen molar-refractivity contribution in [1.29, 1.82) is 0 Å². The summed E-state index contributed by atoms with van der Waals surface area (Å²) >= 11 is 6.31. The molecule has 2 atom stereocenters. The number of aliphatic carboxylic acids is 1. The van der Waals surface area contributed by atoms with Crippen LogP contribution in [0.25, 0.3) is 11.5 Å². The van der Waals surface area contributed by atoms with E-state index in [1.54, 1.807) is 6.07 Å². The molecule has 0 fully saturated rings. The van der Waals surface area contributed by atoms with Gasteiger partial charge in [-0.25, -0.2) is 22.8 Å². The first-order valence-corrected chi connectivity index (χ1v) is 12.9. The number of aromatic nitrogens is 3. The molecule has 0 radical (unpaired) electrons. The van der Waals surface area contributed by atoms with Crippen LogP contribution in [-0.4, -0.2) is 46.5 Å². The van der Waals surface area contributed by atoms with E-state index in [4.69, 9.17) is 16.7 Å². The number of carboxylic acids is 1. The molecule has 2 aromatic rings. The minimum atomic E-state index is -3.21. The largest absolute Gasteiger partial charge is 0.481 e. The van der Waals surface area contributed by atoms with Crippen LogP contribution in [0.2, 0.25) is 5.15 Å². The molecule has 0 aliphatic rings. The normalized spacial score (nSPS) is 13.8. The molecule has 0 amide bonds. The minimum absolute atomic E-state index is 0.324. The number of sulfone groups is 1. The number of hydrogen-bond donors (Lipinski definition) is 2. The van der Waals surface area contributed by atoms with Crippen LogP contribution in [0.15, 0.2) is 18.3 Å². The average molecular weight is 490 g/mol. The molecule has 7 nitrogen and oxygen atoms in total. The highest BCUT2D eigenvalue weighted by molar-refractivity contribution is 7.90. The van der Waals surface area contributed by atoms with Crippen molar-refractivity contribution in [3.05, 3.63) is 35.0 Å². The van der Waals surface area contributed by atoms with Gasteiger partial charge < -0.3 is 10.1 Å². The van der Waals surface area contributed by atoms with Crippen LogP contribution in [0, 0.1) is 17.2 Å². The number of halogens is 2. The Morgan fingerprint density at radius 2 is 1.94 bits per heavy atom. The number of carbonyl (C=O) groups is 1. The number of rotatable bonds is 9. The number of carboxylic acid groups (broad SMARTS) is 1. The van der Waals surface area contributed by atoms with E-state index in [1.165, 1.54) is 26.1 Å². The molecule has 0 spiro atoms. The van der Waals surface area contributed by atoms with Crippen molar-refractivity contribution < 1.29 is 22.7 Å². The highest BCUT2D eigenvalue weighted by atomic mass is 35.5. The van der Waals surface area contributed by atoms with Crippen molar-refractivity contribution in [3.8, 4) is 11.5 Å². The summed E-state index contributed by atoms with van der Waals surface area (Å²) in [7, 11) is -3.21. The van der Waals surface area contributed by atoms with Crippen molar-refractivity contribution in [2.75, 3.05) is 12.0 Å². The van der Waals surface area contributed by atoms with Crippen LogP contribution in [0.3, 0.4) is 0 Å². The molecule has 0 aliphatic heterocycles. The molecule has 0 saturated carbocycles. The monoisotopic (exact) mass is 489 g/mol. The lowest BCUT2D eigenvalue weighted by Crippen LogP contribution is -2.31. The van der Waals surface area contributed by atoms with E-state index in [1.807, 2.05) is 0 Å². The van der Waals surface area contributed by atoms with Crippen LogP contribution in [-0.2, 0) is 14.6 Å². The smallest absolute Gasteiger partial charge is 0.310 e. The van der Waals surface area contributed by atoms with Crippen LogP contribution in [0.5, 0.6) is 0 Å². The predicted octanol–water partition coefficient (Wildman–Crippen LogP) is 5.34. The standard InChI is InChI=1S/C16H21ClFN3.C6H12O4S/c1-4-6-12(10(3)5-2)14-15(17)21-16(20-14)13-8-7-11(18)9-19-13;1-6(2,5(7)8)4-11(3,9)10/h7-10,12H,4-6H2,1-3H3,(H,20,21);4H2,1-3H3,(H,7,8)/t10-,12+;/m0./s1. The van der Waals surface area contributed by atoms with Gasteiger partial charge in [-0.15, -0.1) is 0 Å². The second-order valence-electron chi connectivity index (χ2n) is 8.69. The Morgan fingerprint density at radius 1 is 1.31 bits per heavy atom. The van der Waals surface area contributed by atoms with E-state index in [0.717, 1.165) is 31.2 Å². The van der Waals surface area contributed by atoms with Crippen LogP contribution >= 0.6 is 11.6 Å². The third-order valence-corrected chi connectivity index (χ3v) is 6.69. The first-order chi connectivity index (χ1) is 14.7. The second-order valence-corrected chi connectivity index (χ2v) is 11.2. The van der Waals surface area contributed by atoms with Crippen molar-refractivity contribution in [2.45, 2.75) is 59.8 Å². The van der Waals surface area contributed by atoms with Crippen molar-refractivity contribution in [3.63, 3.8) is 0 Å². The van der Waals surface area contributed by atoms with Gasteiger partial charge in [0.1, 0.15) is 21.3 Å². The third-order valence-electron chi connectivity index (χ3n) is 5.16.